The number of hydrogen-bond donors (Lipinski definition) is 3. The van der Waals surface area contributed by atoms with Crippen LogP contribution in [0.4, 0.5) is 11.6 Å². The van der Waals surface area contributed by atoms with E-state index in [0.29, 0.717) is 6.54 Å². The maximum Gasteiger partial charge on any atom is 0.132 e. The van der Waals surface area contributed by atoms with Crippen molar-refractivity contribution in [1.29, 1.82) is 0 Å². The van der Waals surface area contributed by atoms with Crippen molar-refractivity contribution < 1.29 is 0 Å². The van der Waals surface area contributed by atoms with Crippen LogP contribution >= 0.6 is 0 Å². The zero-order chi connectivity index (χ0) is 16.1. The van der Waals surface area contributed by atoms with Crippen molar-refractivity contribution >= 4 is 22.5 Å². The molecule has 0 saturated carbocycles. The van der Waals surface area contributed by atoms with Crippen LogP contribution in [-0.4, -0.2) is 28.0 Å². The molecule has 0 radical (unpaired) electrons. The van der Waals surface area contributed by atoms with Gasteiger partial charge in [0.05, 0.1) is 0 Å². The molecule has 0 spiro atoms. The summed E-state index contributed by atoms with van der Waals surface area (Å²) in [6.45, 7) is 7.10. The van der Waals surface area contributed by atoms with Gasteiger partial charge in [0.1, 0.15) is 17.5 Å². The highest BCUT2D eigenvalue weighted by atomic mass is 15.1. The molecule has 3 aromatic rings. The molecule has 3 N–H and O–H groups in total. The first-order valence-electron chi connectivity index (χ1n) is 7.75. The fourth-order valence-electron chi connectivity index (χ4n) is 2.59. The fraction of sp³-hybridized carbons (Fsp3) is 0.222. The van der Waals surface area contributed by atoms with E-state index in [2.05, 4.69) is 56.6 Å². The molecule has 0 atom stereocenters. The molecule has 118 valence electrons. The maximum absolute atomic E-state index is 4.43. The summed E-state index contributed by atoms with van der Waals surface area (Å²) in [5.41, 5.74) is 2.49. The highest BCUT2D eigenvalue weighted by Crippen LogP contribution is 2.18. The number of nitrogens with zero attached hydrogens (tertiary/aromatic N) is 2. The van der Waals surface area contributed by atoms with Gasteiger partial charge in [0, 0.05) is 36.3 Å². The standard InChI is InChI=1S/C18H21N5/c1-3-9-19-17-11-18(23-13(2)22-17)20-10-8-14-12-21-16-7-5-4-6-15(14)16/h3-7,11-12,21H,1,8-10H2,2H3,(H2,19,20,22,23). The number of aromatic amines is 1. The predicted octanol–water partition coefficient (Wildman–Crippen LogP) is 3.52. The number of fused-ring (bicyclic) bond motifs is 1. The van der Waals surface area contributed by atoms with Crippen LogP contribution < -0.4 is 10.6 Å². The molecule has 0 unspecified atom stereocenters. The van der Waals surface area contributed by atoms with Crippen LogP contribution in [-0.2, 0) is 6.42 Å². The Morgan fingerprint density at radius 2 is 1.96 bits per heavy atom. The van der Waals surface area contributed by atoms with Crippen LogP contribution in [0, 0.1) is 6.92 Å². The summed E-state index contributed by atoms with van der Waals surface area (Å²) in [5, 5.41) is 7.84. The lowest BCUT2D eigenvalue weighted by molar-refractivity contribution is 0.985. The molecule has 2 heterocycles. The Bertz CT molecular complexity index is 806. The topological polar surface area (TPSA) is 65.6 Å². The van der Waals surface area contributed by atoms with Gasteiger partial charge in [-0.25, -0.2) is 9.97 Å². The van der Waals surface area contributed by atoms with Crippen LogP contribution in [0.5, 0.6) is 0 Å². The van der Waals surface area contributed by atoms with E-state index in [1.807, 2.05) is 25.1 Å². The number of para-hydroxylation sites is 1. The highest BCUT2D eigenvalue weighted by molar-refractivity contribution is 5.83. The number of nitrogens with one attached hydrogen (secondary N) is 3. The molecule has 0 amide bonds. The van der Waals surface area contributed by atoms with Crippen molar-refractivity contribution in [3.05, 3.63) is 60.6 Å². The largest absolute Gasteiger partial charge is 0.370 e. The minimum atomic E-state index is 0.686. The van der Waals surface area contributed by atoms with Crippen LogP contribution in [0.1, 0.15) is 11.4 Å². The number of aryl methyl sites for hydroxylation is 1. The van der Waals surface area contributed by atoms with Gasteiger partial charge in [-0.05, 0) is 25.0 Å². The normalized spacial score (nSPS) is 10.7. The van der Waals surface area contributed by atoms with Crippen molar-refractivity contribution in [3.63, 3.8) is 0 Å². The first-order valence-corrected chi connectivity index (χ1v) is 7.75. The highest BCUT2D eigenvalue weighted by Gasteiger charge is 2.04. The smallest absolute Gasteiger partial charge is 0.132 e. The summed E-state index contributed by atoms with van der Waals surface area (Å²) in [6, 6.07) is 10.3. The molecule has 5 heteroatoms. The number of aromatic nitrogens is 3. The lowest BCUT2D eigenvalue weighted by atomic mass is 10.1. The van der Waals surface area contributed by atoms with E-state index >= 15 is 0 Å². The average Bonchev–Trinajstić information content (AvgIpc) is 2.96. The zero-order valence-electron chi connectivity index (χ0n) is 13.3. The Hall–Kier alpha value is -2.82. The van der Waals surface area contributed by atoms with E-state index in [1.165, 1.54) is 16.5 Å². The molecule has 1 aromatic carbocycles. The molecule has 23 heavy (non-hydrogen) atoms. The molecule has 0 bridgehead atoms. The summed E-state index contributed by atoms with van der Waals surface area (Å²) in [7, 11) is 0. The second-order valence-corrected chi connectivity index (χ2v) is 5.39. The second kappa shape index (κ2) is 6.96. The number of H-pyrrole nitrogens is 1. The van der Waals surface area contributed by atoms with Gasteiger partial charge in [-0.3, -0.25) is 0 Å². The molecule has 3 rings (SSSR count). The Labute approximate surface area is 135 Å². The summed E-state index contributed by atoms with van der Waals surface area (Å²) in [5.74, 6) is 2.39. The molecule has 0 aliphatic carbocycles. The van der Waals surface area contributed by atoms with Crippen molar-refractivity contribution in [2.75, 3.05) is 23.7 Å². The van der Waals surface area contributed by atoms with E-state index < -0.39 is 0 Å². The molecule has 5 nitrogen and oxygen atoms in total. The minimum Gasteiger partial charge on any atom is -0.370 e. The van der Waals surface area contributed by atoms with Crippen LogP contribution in [0.25, 0.3) is 10.9 Å². The van der Waals surface area contributed by atoms with Gasteiger partial charge < -0.3 is 15.6 Å². The quantitative estimate of drug-likeness (QED) is 0.584. The summed E-state index contributed by atoms with van der Waals surface area (Å²) in [4.78, 5) is 12.1. The van der Waals surface area contributed by atoms with Gasteiger partial charge in [0.15, 0.2) is 0 Å². The predicted molar refractivity (Wildman–Crippen MR) is 95.9 cm³/mol. The SMILES string of the molecule is C=CCNc1cc(NCCc2c[nH]c3ccccc23)nc(C)n1. The Kier molecular flexibility index (Phi) is 4.57. The zero-order valence-corrected chi connectivity index (χ0v) is 13.3. The second-order valence-electron chi connectivity index (χ2n) is 5.39. The van der Waals surface area contributed by atoms with Gasteiger partial charge in [-0.1, -0.05) is 24.3 Å². The van der Waals surface area contributed by atoms with E-state index in [9.17, 15) is 0 Å². The van der Waals surface area contributed by atoms with E-state index in [1.54, 1.807) is 0 Å². The van der Waals surface area contributed by atoms with E-state index in [0.717, 1.165) is 30.4 Å². The number of rotatable bonds is 7. The fourth-order valence-corrected chi connectivity index (χ4v) is 2.59. The Morgan fingerprint density at radius 3 is 2.78 bits per heavy atom. The molecule has 0 aliphatic heterocycles. The number of anilines is 2. The maximum atomic E-state index is 4.43. The molecule has 2 aromatic heterocycles. The summed E-state index contributed by atoms with van der Waals surface area (Å²) < 4.78 is 0. The first kappa shape index (κ1) is 15.1. The van der Waals surface area contributed by atoms with Crippen molar-refractivity contribution in [2.24, 2.45) is 0 Å². The van der Waals surface area contributed by atoms with Crippen molar-refractivity contribution in [1.82, 2.24) is 15.0 Å². The summed E-state index contributed by atoms with van der Waals surface area (Å²) >= 11 is 0. The monoisotopic (exact) mass is 307 g/mol. The van der Waals surface area contributed by atoms with E-state index in [-0.39, 0.29) is 0 Å². The molecular formula is C18H21N5. The minimum absolute atomic E-state index is 0.686. The van der Waals surface area contributed by atoms with Gasteiger partial charge in [-0.15, -0.1) is 6.58 Å². The van der Waals surface area contributed by atoms with Crippen molar-refractivity contribution in [3.8, 4) is 0 Å². The Morgan fingerprint density at radius 1 is 1.17 bits per heavy atom. The molecular weight excluding hydrogens is 286 g/mol. The van der Waals surface area contributed by atoms with Gasteiger partial charge >= 0.3 is 0 Å². The van der Waals surface area contributed by atoms with Crippen LogP contribution in [0.2, 0.25) is 0 Å². The lowest BCUT2D eigenvalue weighted by Gasteiger charge is -2.09. The van der Waals surface area contributed by atoms with E-state index in [4.69, 9.17) is 0 Å². The lowest BCUT2D eigenvalue weighted by Crippen LogP contribution is -2.09. The van der Waals surface area contributed by atoms with Gasteiger partial charge in [0.2, 0.25) is 0 Å². The van der Waals surface area contributed by atoms with Gasteiger partial charge in [-0.2, -0.15) is 0 Å². The summed E-state index contributed by atoms with van der Waals surface area (Å²) in [6.07, 6.45) is 4.82. The molecule has 0 fully saturated rings. The third-order valence-electron chi connectivity index (χ3n) is 3.64. The number of benzene rings is 1. The van der Waals surface area contributed by atoms with Crippen LogP contribution in [0.3, 0.4) is 0 Å². The average molecular weight is 307 g/mol. The Balaban J connectivity index is 1.64. The third kappa shape index (κ3) is 3.69. The van der Waals surface area contributed by atoms with Crippen molar-refractivity contribution in [2.45, 2.75) is 13.3 Å². The van der Waals surface area contributed by atoms with Gasteiger partial charge in [0.25, 0.3) is 0 Å². The van der Waals surface area contributed by atoms with Crippen LogP contribution in [0.15, 0.2) is 49.2 Å². The number of hydrogen-bond acceptors (Lipinski definition) is 4. The molecule has 0 aliphatic rings. The molecule has 0 saturated heterocycles. The first-order chi connectivity index (χ1) is 11.3. The third-order valence-corrected chi connectivity index (χ3v) is 3.64.